The van der Waals surface area contributed by atoms with Crippen LogP contribution in [-0.4, -0.2) is 83.0 Å². The first kappa shape index (κ1) is 29.8. The zero-order valence-electron chi connectivity index (χ0n) is 20.2. The normalized spacial score (nSPS) is 13.8. The van der Waals surface area contributed by atoms with Gasteiger partial charge in [0.2, 0.25) is 29.5 Å². The molecule has 0 aliphatic carbocycles. The standard InChI is InChI=1S/C22H32N6O8/c1-11(25-17(30)9-23)19(33)26-12(2)20(34)27-13(3)21(35)28-16(22(36)24-10-18(31)32)8-14-4-6-15(29)7-5-14/h4-7,11-13,16,29H,8-10,23H2,1-3H3,(H,24,36)(H,25,30)(H,26,33)(H,27,34)(H,28,35)(H,31,32)/t11-,12-,13-,16?/m0/s1. The Balaban J connectivity index is 2.77. The molecule has 1 rings (SSSR count). The van der Waals surface area contributed by atoms with Crippen molar-refractivity contribution in [3.05, 3.63) is 29.8 Å². The molecule has 14 nitrogen and oxygen atoms in total. The van der Waals surface area contributed by atoms with Crippen LogP contribution in [-0.2, 0) is 35.2 Å². The molecular weight excluding hydrogens is 476 g/mol. The van der Waals surface area contributed by atoms with Crippen LogP contribution in [0.4, 0.5) is 0 Å². The summed E-state index contributed by atoms with van der Waals surface area (Å²) in [6.07, 6.45) is -0.0169. The molecule has 1 unspecified atom stereocenters. The third kappa shape index (κ3) is 10.4. The quantitative estimate of drug-likeness (QED) is 0.136. The number of hydrogen-bond donors (Lipinski definition) is 8. The van der Waals surface area contributed by atoms with E-state index in [9.17, 15) is 33.9 Å². The fourth-order valence-electron chi connectivity index (χ4n) is 2.83. The lowest BCUT2D eigenvalue weighted by Crippen LogP contribution is -2.57. The molecule has 4 atom stereocenters. The van der Waals surface area contributed by atoms with Crippen LogP contribution in [0.25, 0.3) is 0 Å². The highest BCUT2D eigenvalue weighted by Crippen LogP contribution is 2.11. The van der Waals surface area contributed by atoms with Gasteiger partial charge >= 0.3 is 5.97 Å². The third-order valence-corrected chi connectivity index (χ3v) is 4.88. The second kappa shape index (κ2) is 14.3. The number of benzene rings is 1. The number of aliphatic carboxylic acids is 1. The van der Waals surface area contributed by atoms with Gasteiger partial charge in [-0.2, -0.15) is 0 Å². The number of rotatable bonds is 13. The van der Waals surface area contributed by atoms with Gasteiger partial charge in [0.25, 0.3) is 0 Å². The smallest absolute Gasteiger partial charge is 0.322 e. The zero-order chi connectivity index (χ0) is 27.4. The van der Waals surface area contributed by atoms with E-state index in [4.69, 9.17) is 10.8 Å². The van der Waals surface area contributed by atoms with E-state index < -0.39 is 66.2 Å². The number of carboxylic acids is 1. The summed E-state index contributed by atoms with van der Waals surface area (Å²) in [4.78, 5) is 71.8. The van der Waals surface area contributed by atoms with Gasteiger partial charge in [-0.05, 0) is 38.5 Å². The van der Waals surface area contributed by atoms with E-state index in [0.717, 1.165) is 0 Å². The average molecular weight is 509 g/mol. The molecule has 0 bridgehead atoms. The van der Waals surface area contributed by atoms with Gasteiger partial charge in [-0.25, -0.2) is 0 Å². The van der Waals surface area contributed by atoms with Gasteiger partial charge in [0.05, 0.1) is 6.54 Å². The van der Waals surface area contributed by atoms with Crippen LogP contribution in [0.5, 0.6) is 5.75 Å². The molecule has 0 aliphatic heterocycles. The maximum absolute atomic E-state index is 12.7. The largest absolute Gasteiger partial charge is 0.508 e. The summed E-state index contributed by atoms with van der Waals surface area (Å²) < 4.78 is 0. The Morgan fingerprint density at radius 1 is 0.778 bits per heavy atom. The number of phenolic OH excluding ortho intramolecular Hbond substituents is 1. The molecule has 0 heterocycles. The minimum absolute atomic E-state index is 0.00312. The fraction of sp³-hybridized carbons (Fsp3) is 0.455. The van der Waals surface area contributed by atoms with Crippen LogP contribution in [0.1, 0.15) is 26.3 Å². The maximum atomic E-state index is 12.7. The van der Waals surface area contributed by atoms with Gasteiger partial charge in [0.15, 0.2) is 0 Å². The minimum atomic E-state index is -1.27. The van der Waals surface area contributed by atoms with Crippen molar-refractivity contribution in [1.82, 2.24) is 26.6 Å². The summed E-state index contributed by atoms with van der Waals surface area (Å²) in [5.74, 6) is -4.65. The lowest BCUT2D eigenvalue weighted by atomic mass is 10.0. The Bertz CT molecular complexity index is 968. The Hall–Kier alpha value is -4.20. The van der Waals surface area contributed by atoms with Crippen molar-refractivity contribution in [3.63, 3.8) is 0 Å². The number of amides is 5. The van der Waals surface area contributed by atoms with Gasteiger partial charge in [-0.15, -0.1) is 0 Å². The van der Waals surface area contributed by atoms with Crippen molar-refractivity contribution in [2.24, 2.45) is 5.73 Å². The van der Waals surface area contributed by atoms with Crippen molar-refractivity contribution in [1.29, 1.82) is 0 Å². The topological polar surface area (TPSA) is 229 Å². The Morgan fingerprint density at radius 2 is 1.25 bits per heavy atom. The number of nitrogens with one attached hydrogen (secondary N) is 5. The molecule has 1 aromatic carbocycles. The minimum Gasteiger partial charge on any atom is -0.508 e. The number of hydrogen-bond acceptors (Lipinski definition) is 8. The lowest BCUT2D eigenvalue weighted by Gasteiger charge is -2.23. The molecule has 0 aromatic heterocycles. The van der Waals surface area contributed by atoms with Crippen molar-refractivity contribution >= 4 is 35.5 Å². The van der Waals surface area contributed by atoms with E-state index in [1.807, 2.05) is 0 Å². The molecule has 0 radical (unpaired) electrons. The van der Waals surface area contributed by atoms with Crippen molar-refractivity contribution in [2.45, 2.75) is 51.4 Å². The van der Waals surface area contributed by atoms with Crippen LogP contribution in [0.3, 0.4) is 0 Å². The molecule has 198 valence electrons. The van der Waals surface area contributed by atoms with Gasteiger partial charge < -0.3 is 42.5 Å². The summed E-state index contributed by atoms with van der Waals surface area (Å²) in [5, 5.41) is 30.0. The number of phenols is 1. The zero-order valence-corrected chi connectivity index (χ0v) is 20.2. The van der Waals surface area contributed by atoms with E-state index in [-0.39, 0.29) is 18.7 Å². The lowest BCUT2D eigenvalue weighted by molar-refractivity contribution is -0.138. The molecule has 0 saturated heterocycles. The summed E-state index contributed by atoms with van der Waals surface area (Å²) in [5.41, 5.74) is 5.75. The van der Waals surface area contributed by atoms with Crippen molar-refractivity contribution in [3.8, 4) is 5.75 Å². The van der Waals surface area contributed by atoms with E-state index in [2.05, 4.69) is 26.6 Å². The molecule has 1 aromatic rings. The summed E-state index contributed by atoms with van der Waals surface area (Å²) in [6.45, 7) is 3.19. The first-order chi connectivity index (χ1) is 16.8. The van der Waals surface area contributed by atoms with Gasteiger partial charge in [0, 0.05) is 6.42 Å². The van der Waals surface area contributed by atoms with E-state index >= 15 is 0 Å². The second-order valence-corrected chi connectivity index (χ2v) is 8.00. The highest BCUT2D eigenvalue weighted by Gasteiger charge is 2.27. The van der Waals surface area contributed by atoms with Crippen molar-refractivity contribution < 1.29 is 39.0 Å². The van der Waals surface area contributed by atoms with Crippen molar-refractivity contribution in [2.75, 3.05) is 13.1 Å². The maximum Gasteiger partial charge on any atom is 0.322 e. The molecule has 0 saturated carbocycles. The van der Waals surface area contributed by atoms with Crippen LogP contribution in [0.15, 0.2) is 24.3 Å². The first-order valence-corrected chi connectivity index (χ1v) is 11.0. The molecule has 0 aliphatic rings. The summed E-state index contributed by atoms with van der Waals surface area (Å²) >= 11 is 0. The average Bonchev–Trinajstić information content (AvgIpc) is 2.82. The molecule has 0 fully saturated rings. The fourth-order valence-corrected chi connectivity index (χ4v) is 2.83. The summed E-state index contributed by atoms with van der Waals surface area (Å²) in [7, 11) is 0. The monoisotopic (exact) mass is 508 g/mol. The van der Waals surface area contributed by atoms with E-state index in [1.165, 1.54) is 45.0 Å². The molecular formula is C22H32N6O8. The van der Waals surface area contributed by atoms with Gasteiger partial charge in [-0.3, -0.25) is 28.8 Å². The number of carbonyl (C=O) groups excluding carboxylic acids is 5. The highest BCUT2D eigenvalue weighted by molar-refractivity contribution is 5.95. The predicted octanol–water partition coefficient (Wildman–Crippen LogP) is -2.91. The van der Waals surface area contributed by atoms with Crippen LogP contribution < -0.4 is 32.3 Å². The van der Waals surface area contributed by atoms with Gasteiger partial charge in [0.1, 0.15) is 36.5 Å². The number of nitrogens with two attached hydrogens (primary N) is 1. The third-order valence-electron chi connectivity index (χ3n) is 4.88. The molecule has 5 amide bonds. The second-order valence-electron chi connectivity index (χ2n) is 8.00. The van der Waals surface area contributed by atoms with Crippen LogP contribution in [0.2, 0.25) is 0 Å². The number of aromatic hydroxyl groups is 1. The highest BCUT2D eigenvalue weighted by atomic mass is 16.4. The SMILES string of the molecule is C[C@H](NC(=O)CN)C(=O)N[C@@H](C)C(=O)N[C@@H](C)C(=O)NC(Cc1ccc(O)cc1)C(=O)NCC(=O)O. The van der Waals surface area contributed by atoms with E-state index in [1.54, 1.807) is 0 Å². The molecule has 14 heteroatoms. The summed E-state index contributed by atoms with van der Waals surface area (Å²) in [6, 6.07) is 1.55. The Labute approximate surface area is 207 Å². The Morgan fingerprint density at radius 3 is 1.72 bits per heavy atom. The molecule has 0 spiro atoms. The van der Waals surface area contributed by atoms with Gasteiger partial charge in [-0.1, -0.05) is 12.1 Å². The molecule has 9 N–H and O–H groups in total. The molecule has 36 heavy (non-hydrogen) atoms. The number of carboxylic acid groups (broad SMARTS) is 1. The van der Waals surface area contributed by atoms with Crippen LogP contribution in [0, 0.1) is 0 Å². The predicted molar refractivity (Wildman–Crippen MR) is 126 cm³/mol. The van der Waals surface area contributed by atoms with Crippen LogP contribution >= 0.6 is 0 Å². The number of carbonyl (C=O) groups is 6. The Kier molecular flexibility index (Phi) is 11.8. The first-order valence-electron chi connectivity index (χ1n) is 11.0. The van der Waals surface area contributed by atoms with E-state index in [0.29, 0.717) is 5.56 Å².